The molecule has 0 atom stereocenters. The zero-order chi connectivity index (χ0) is 13.2. The van der Waals surface area contributed by atoms with Crippen LogP contribution in [0.3, 0.4) is 0 Å². The third-order valence-corrected chi connectivity index (χ3v) is 4.34. The second kappa shape index (κ2) is 5.45. The van der Waals surface area contributed by atoms with Crippen LogP contribution in [0.4, 0.5) is 0 Å². The monoisotopic (exact) mass is 319 g/mol. The van der Waals surface area contributed by atoms with E-state index in [-0.39, 0.29) is 0 Å². The summed E-state index contributed by atoms with van der Waals surface area (Å²) in [5, 5.41) is 9.56. The Labute approximate surface area is 122 Å². The Morgan fingerprint density at radius 1 is 1.21 bits per heavy atom. The lowest BCUT2D eigenvalue weighted by Crippen LogP contribution is -2.11. The predicted octanol–water partition coefficient (Wildman–Crippen LogP) is 3.47. The molecule has 3 nitrogen and oxygen atoms in total. The van der Waals surface area contributed by atoms with Gasteiger partial charge in [0, 0.05) is 12.5 Å². The maximum atomic E-state index is 4.45. The molecule has 0 aliphatic heterocycles. The molecule has 0 saturated heterocycles. The van der Waals surface area contributed by atoms with Crippen LogP contribution < -0.4 is 0 Å². The van der Waals surface area contributed by atoms with E-state index in [9.17, 15) is 0 Å². The van der Waals surface area contributed by atoms with Crippen molar-refractivity contribution in [3.8, 4) is 0 Å². The van der Waals surface area contributed by atoms with Crippen LogP contribution in [0.5, 0.6) is 0 Å². The van der Waals surface area contributed by atoms with Crippen molar-refractivity contribution in [3.63, 3.8) is 0 Å². The molecular weight excluding hydrogens is 302 g/mol. The summed E-state index contributed by atoms with van der Waals surface area (Å²) in [5.41, 5.74) is 2.94. The summed E-state index contributed by atoms with van der Waals surface area (Å²) in [5.74, 6) is 2.70. The fraction of sp³-hybridized carbons (Fsp3) is 0.467. The summed E-state index contributed by atoms with van der Waals surface area (Å²) in [4.78, 5) is 0. The molecule has 0 N–H and O–H groups in total. The normalized spacial score (nSPS) is 14.8. The Kier molecular flexibility index (Phi) is 3.69. The molecule has 4 heteroatoms. The fourth-order valence-electron chi connectivity index (χ4n) is 2.96. The van der Waals surface area contributed by atoms with Crippen LogP contribution in [0.2, 0.25) is 0 Å². The van der Waals surface area contributed by atoms with Crippen LogP contribution in [-0.4, -0.2) is 14.8 Å². The topological polar surface area (TPSA) is 30.7 Å². The summed E-state index contributed by atoms with van der Waals surface area (Å²) in [6.07, 6.45) is 3.31. The highest BCUT2D eigenvalue weighted by Crippen LogP contribution is 2.33. The first kappa shape index (κ1) is 12.9. The van der Waals surface area contributed by atoms with Crippen LogP contribution in [0.25, 0.3) is 0 Å². The van der Waals surface area contributed by atoms with E-state index in [1.54, 1.807) is 0 Å². The van der Waals surface area contributed by atoms with Crippen molar-refractivity contribution in [1.29, 1.82) is 0 Å². The predicted molar refractivity (Wildman–Crippen MR) is 79.5 cm³/mol. The van der Waals surface area contributed by atoms with E-state index in [4.69, 9.17) is 0 Å². The number of hydrogen-bond donors (Lipinski definition) is 0. The molecule has 100 valence electrons. The SMILES string of the molecule is CCCn1c(CBr)nnc1C1Cc2ccccc2C1. The van der Waals surface area contributed by atoms with Crippen molar-refractivity contribution in [3.05, 3.63) is 47.0 Å². The quantitative estimate of drug-likeness (QED) is 0.808. The van der Waals surface area contributed by atoms with Gasteiger partial charge in [0.2, 0.25) is 0 Å². The van der Waals surface area contributed by atoms with Crippen molar-refractivity contribution in [2.24, 2.45) is 0 Å². The average Bonchev–Trinajstić information content (AvgIpc) is 3.01. The van der Waals surface area contributed by atoms with Gasteiger partial charge in [0.05, 0.1) is 5.33 Å². The maximum Gasteiger partial charge on any atom is 0.143 e. The minimum absolute atomic E-state index is 0.490. The molecular formula is C15H18BrN3. The Hall–Kier alpha value is -1.16. The summed E-state index contributed by atoms with van der Waals surface area (Å²) in [6, 6.07) is 8.73. The van der Waals surface area contributed by atoms with Crippen molar-refractivity contribution < 1.29 is 0 Å². The van der Waals surface area contributed by atoms with Gasteiger partial charge in [-0.05, 0) is 30.4 Å². The lowest BCUT2D eigenvalue weighted by Gasteiger charge is -2.12. The van der Waals surface area contributed by atoms with Gasteiger partial charge in [0.25, 0.3) is 0 Å². The molecule has 2 aromatic rings. The zero-order valence-electron chi connectivity index (χ0n) is 11.1. The summed E-state index contributed by atoms with van der Waals surface area (Å²) < 4.78 is 2.30. The van der Waals surface area contributed by atoms with Crippen molar-refractivity contribution in [1.82, 2.24) is 14.8 Å². The number of nitrogens with zero attached hydrogens (tertiary/aromatic N) is 3. The highest BCUT2D eigenvalue weighted by atomic mass is 79.9. The van der Waals surface area contributed by atoms with Crippen molar-refractivity contribution >= 4 is 15.9 Å². The summed E-state index contributed by atoms with van der Waals surface area (Å²) in [7, 11) is 0. The lowest BCUT2D eigenvalue weighted by atomic mass is 10.1. The smallest absolute Gasteiger partial charge is 0.143 e. The van der Waals surface area contributed by atoms with Gasteiger partial charge in [-0.15, -0.1) is 10.2 Å². The number of rotatable bonds is 4. The minimum atomic E-state index is 0.490. The van der Waals surface area contributed by atoms with E-state index in [2.05, 4.69) is 61.9 Å². The fourth-order valence-corrected chi connectivity index (χ4v) is 3.37. The van der Waals surface area contributed by atoms with Crippen LogP contribution in [-0.2, 0) is 24.7 Å². The summed E-state index contributed by atoms with van der Waals surface area (Å²) >= 11 is 3.51. The molecule has 0 saturated carbocycles. The number of fused-ring (bicyclic) bond motifs is 1. The van der Waals surface area contributed by atoms with Gasteiger partial charge < -0.3 is 4.57 Å². The van der Waals surface area contributed by atoms with E-state index < -0.39 is 0 Å². The van der Waals surface area contributed by atoms with E-state index in [0.29, 0.717) is 5.92 Å². The Morgan fingerprint density at radius 2 is 1.89 bits per heavy atom. The van der Waals surface area contributed by atoms with Gasteiger partial charge in [-0.3, -0.25) is 0 Å². The first-order valence-corrected chi connectivity index (χ1v) is 8.00. The molecule has 0 radical (unpaired) electrons. The average molecular weight is 320 g/mol. The zero-order valence-corrected chi connectivity index (χ0v) is 12.7. The van der Waals surface area contributed by atoms with Gasteiger partial charge in [-0.25, -0.2) is 0 Å². The van der Waals surface area contributed by atoms with Crippen molar-refractivity contribution in [2.45, 2.75) is 44.0 Å². The van der Waals surface area contributed by atoms with Crippen LogP contribution in [0.15, 0.2) is 24.3 Å². The van der Waals surface area contributed by atoms with Gasteiger partial charge in [0.1, 0.15) is 11.6 Å². The number of hydrogen-bond acceptors (Lipinski definition) is 2. The molecule has 0 unspecified atom stereocenters. The summed E-state index contributed by atoms with van der Waals surface area (Å²) in [6.45, 7) is 3.21. The molecule has 0 bridgehead atoms. The standard InChI is InChI=1S/C15H18BrN3/c1-2-7-19-14(10-16)17-18-15(19)13-8-11-5-3-4-6-12(11)9-13/h3-6,13H,2,7-10H2,1H3. The largest absolute Gasteiger partial charge is 0.314 e. The number of aromatic nitrogens is 3. The molecule has 1 aromatic heterocycles. The lowest BCUT2D eigenvalue weighted by molar-refractivity contribution is 0.570. The maximum absolute atomic E-state index is 4.45. The molecule has 1 heterocycles. The molecule has 19 heavy (non-hydrogen) atoms. The van der Waals surface area contributed by atoms with E-state index in [1.807, 2.05) is 0 Å². The highest BCUT2D eigenvalue weighted by Gasteiger charge is 2.27. The number of halogens is 1. The Balaban J connectivity index is 1.90. The molecule has 3 rings (SSSR count). The van der Waals surface area contributed by atoms with Crippen LogP contribution in [0.1, 0.15) is 42.0 Å². The van der Waals surface area contributed by atoms with Gasteiger partial charge >= 0.3 is 0 Å². The van der Waals surface area contributed by atoms with E-state index >= 15 is 0 Å². The molecule has 1 aliphatic carbocycles. The highest BCUT2D eigenvalue weighted by molar-refractivity contribution is 9.08. The van der Waals surface area contributed by atoms with Gasteiger partial charge in [-0.1, -0.05) is 47.1 Å². The van der Waals surface area contributed by atoms with Crippen LogP contribution >= 0.6 is 15.9 Å². The first-order chi connectivity index (χ1) is 9.33. The number of benzene rings is 1. The number of alkyl halides is 1. The van der Waals surface area contributed by atoms with E-state index in [1.165, 1.54) is 11.1 Å². The van der Waals surface area contributed by atoms with Crippen molar-refractivity contribution in [2.75, 3.05) is 0 Å². The molecule has 0 spiro atoms. The Bertz CT molecular complexity index is 552. The molecule has 0 amide bonds. The van der Waals surface area contributed by atoms with E-state index in [0.717, 1.165) is 42.8 Å². The third kappa shape index (κ3) is 2.34. The van der Waals surface area contributed by atoms with Gasteiger partial charge in [-0.2, -0.15) is 0 Å². The molecule has 0 fully saturated rings. The third-order valence-electron chi connectivity index (χ3n) is 3.84. The molecule has 1 aromatic carbocycles. The molecule has 1 aliphatic rings. The van der Waals surface area contributed by atoms with Gasteiger partial charge in [0.15, 0.2) is 0 Å². The van der Waals surface area contributed by atoms with Crippen LogP contribution in [0, 0.1) is 0 Å². The second-order valence-corrected chi connectivity index (χ2v) is 5.69. The second-order valence-electron chi connectivity index (χ2n) is 5.13. The first-order valence-electron chi connectivity index (χ1n) is 6.88. The minimum Gasteiger partial charge on any atom is -0.314 e. The Morgan fingerprint density at radius 3 is 2.47 bits per heavy atom.